The van der Waals surface area contributed by atoms with Crippen LogP contribution in [0.4, 0.5) is 0 Å². The second-order valence-corrected chi connectivity index (χ2v) is 4.54. The minimum absolute atomic E-state index is 0.0548. The first-order valence-corrected chi connectivity index (χ1v) is 5.59. The van der Waals surface area contributed by atoms with E-state index in [-0.39, 0.29) is 11.8 Å². The lowest BCUT2D eigenvalue weighted by atomic mass is 9.96. The first-order valence-electron chi connectivity index (χ1n) is 5.59. The molecule has 1 heterocycles. The van der Waals surface area contributed by atoms with E-state index < -0.39 is 11.9 Å². The predicted octanol–water partition coefficient (Wildman–Crippen LogP) is 2.96. The van der Waals surface area contributed by atoms with Gasteiger partial charge in [0.25, 0.3) is 0 Å². The predicted molar refractivity (Wildman–Crippen MR) is 64.0 cm³/mol. The molecular weight excluding hydrogens is 218 g/mol. The molecular formula is C13H15NO3. The number of hydrogen-bond acceptors (Lipinski definition) is 3. The van der Waals surface area contributed by atoms with Crippen molar-refractivity contribution in [2.75, 3.05) is 0 Å². The Balaban J connectivity index is 2.55. The zero-order valence-corrected chi connectivity index (χ0v) is 10.1. The van der Waals surface area contributed by atoms with Crippen LogP contribution in [0.2, 0.25) is 0 Å². The van der Waals surface area contributed by atoms with Gasteiger partial charge in [-0.3, -0.25) is 4.79 Å². The summed E-state index contributed by atoms with van der Waals surface area (Å²) >= 11 is 0. The Morgan fingerprint density at radius 3 is 2.65 bits per heavy atom. The highest BCUT2D eigenvalue weighted by atomic mass is 16.4. The van der Waals surface area contributed by atoms with Gasteiger partial charge in [-0.1, -0.05) is 26.0 Å². The topological polar surface area (TPSA) is 63.3 Å². The molecule has 4 heteroatoms. The van der Waals surface area contributed by atoms with Gasteiger partial charge in [0.05, 0.1) is 0 Å². The fraction of sp³-hybridized carbons (Fsp3) is 0.385. The number of aliphatic carboxylic acids is 1. The van der Waals surface area contributed by atoms with Crippen molar-refractivity contribution in [1.82, 2.24) is 4.98 Å². The summed E-state index contributed by atoms with van der Waals surface area (Å²) in [6, 6.07) is 5.63. The maximum atomic E-state index is 11.2. The summed E-state index contributed by atoms with van der Waals surface area (Å²) < 4.78 is 5.59. The van der Waals surface area contributed by atoms with E-state index in [4.69, 9.17) is 4.42 Å². The molecule has 4 nitrogen and oxygen atoms in total. The summed E-state index contributed by atoms with van der Waals surface area (Å²) in [5.41, 5.74) is 2.36. The zero-order valence-electron chi connectivity index (χ0n) is 10.1. The van der Waals surface area contributed by atoms with Crippen molar-refractivity contribution in [2.45, 2.75) is 26.7 Å². The Labute approximate surface area is 99.3 Å². The van der Waals surface area contributed by atoms with E-state index in [0.29, 0.717) is 11.1 Å². The van der Waals surface area contributed by atoms with Gasteiger partial charge in [0.2, 0.25) is 5.89 Å². The van der Waals surface area contributed by atoms with Crippen LogP contribution in [0.3, 0.4) is 0 Å². The molecule has 17 heavy (non-hydrogen) atoms. The van der Waals surface area contributed by atoms with Gasteiger partial charge < -0.3 is 9.52 Å². The third-order valence-corrected chi connectivity index (χ3v) is 2.83. The van der Waals surface area contributed by atoms with E-state index in [2.05, 4.69) is 4.98 Å². The third kappa shape index (κ3) is 2.02. The summed E-state index contributed by atoms with van der Waals surface area (Å²) in [6.07, 6.45) is 0. The Morgan fingerprint density at radius 1 is 1.41 bits per heavy atom. The van der Waals surface area contributed by atoms with Crippen LogP contribution in [0, 0.1) is 12.8 Å². The zero-order chi connectivity index (χ0) is 12.6. The van der Waals surface area contributed by atoms with Gasteiger partial charge in [0.1, 0.15) is 11.4 Å². The smallest absolute Gasteiger partial charge is 0.316 e. The number of nitrogens with zero attached hydrogens (tertiary/aromatic N) is 1. The second-order valence-electron chi connectivity index (χ2n) is 4.54. The van der Waals surface area contributed by atoms with E-state index in [0.717, 1.165) is 5.56 Å². The average Bonchev–Trinajstić information content (AvgIpc) is 2.61. The molecule has 2 rings (SSSR count). The quantitative estimate of drug-likeness (QED) is 0.885. The van der Waals surface area contributed by atoms with Crippen molar-refractivity contribution in [3.05, 3.63) is 29.7 Å². The number of hydrogen-bond donors (Lipinski definition) is 1. The Bertz CT molecular complexity index is 557. The maximum absolute atomic E-state index is 11.2. The Hall–Kier alpha value is -1.84. The number of aromatic nitrogens is 1. The van der Waals surface area contributed by atoms with Crippen LogP contribution in [-0.2, 0) is 4.79 Å². The van der Waals surface area contributed by atoms with Gasteiger partial charge in [-0.25, -0.2) is 4.98 Å². The number of carboxylic acids is 1. The summed E-state index contributed by atoms with van der Waals surface area (Å²) in [4.78, 5) is 15.5. The van der Waals surface area contributed by atoms with Crippen molar-refractivity contribution in [1.29, 1.82) is 0 Å². The molecule has 1 aromatic heterocycles. The highest BCUT2D eigenvalue weighted by Gasteiger charge is 2.29. The van der Waals surface area contributed by atoms with E-state index in [9.17, 15) is 9.90 Å². The number of carbonyl (C=O) groups is 1. The monoisotopic (exact) mass is 233 g/mol. The summed E-state index contributed by atoms with van der Waals surface area (Å²) in [6.45, 7) is 5.61. The van der Waals surface area contributed by atoms with Gasteiger partial charge >= 0.3 is 5.97 Å². The molecule has 0 aliphatic heterocycles. The molecule has 0 aliphatic carbocycles. The molecule has 1 unspecified atom stereocenters. The highest BCUT2D eigenvalue weighted by Crippen LogP contribution is 2.28. The number of para-hydroxylation sites is 1. The van der Waals surface area contributed by atoms with Crippen molar-refractivity contribution < 1.29 is 14.3 Å². The average molecular weight is 233 g/mol. The third-order valence-electron chi connectivity index (χ3n) is 2.83. The molecule has 1 aromatic carbocycles. The van der Waals surface area contributed by atoms with Crippen LogP contribution in [0.25, 0.3) is 11.1 Å². The van der Waals surface area contributed by atoms with Crippen molar-refractivity contribution in [2.24, 2.45) is 5.92 Å². The minimum Gasteiger partial charge on any atom is -0.481 e. The molecule has 1 atom stereocenters. The van der Waals surface area contributed by atoms with Crippen molar-refractivity contribution in [3.63, 3.8) is 0 Å². The Kier molecular flexibility index (Phi) is 2.88. The van der Waals surface area contributed by atoms with E-state index in [1.165, 1.54) is 0 Å². The van der Waals surface area contributed by atoms with Gasteiger partial charge in [-0.15, -0.1) is 0 Å². The number of rotatable bonds is 3. The van der Waals surface area contributed by atoms with Crippen LogP contribution in [0.5, 0.6) is 0 Å². The standard InChI is InChI=1S/C13H15NO3/c1-7(2)10(13(15)16)12-14-9-6-4-5-8(3)11(9)17-12/h4-7,10H,1-3H3,(H,15,16). The molecule has 1 N–H and O–H groups in total. The number of aryl methyl sites for hydroxylation is 1. The molecule has 0 saturated heterocycles. The van der Waals surface area contributed by atoms with Crippen LogP contribution in [0.15, 0.2) is 22.6 Å². The molecule has 0 fully saturated rings. The normalized spacial score (nSPS) is 13.2. The molecule has 90 valence electrons. The summed E-state index contributed by atoms with van der Waals surface area (Å²) in [7, 11) is 0. The number of oxazole rings is 1. The first kappa shape index (κ1) is 11.6. The van der Waals surface area contributed by atoms with Crippen LogP contribution in [0.1, 0.15) is 31.2 Å². The van der Waals surface area contributed by atoms with Crippen molar-refractivity contribution >= 4 is 17.1 Å². The lowest BCUT2D eigenvalue weighted by Gasteiger charge is -2.11. The number of carboxylic acid groups (broad SMARTS) is 1. The summed E-state index contributed by atoms with van der Waals surface area (Å²) in [5.74, 6) is -1.36. The molecule has 0 saturated carbocycles. The van der Waals surface area contributed by atoms with E-state index in [1.807, 2.05) is 39.0 Å². The number of fused-ring (bicyclic) bond motifs is 1. The summed E-state index contributed by atoms with van der Waals surface area (Å²) in [5, 5.41) is 9.19. The van der Waals surface area contributed by atoms with Crippen LogP contribution >= 0.6 is 0 Å². The molecule has 0 radical (unpaired) electrons. The second kappa shape index (κ2) is 4.20. The first-order chi connectivity index (χ1) is 8.00. The molecule has 2 aromatic rings. The fourth-order valence-corrected chi connectivity index (χ4v) is 1.91. The van der Waals surface area contributed by atoms with Gasteiger partial charge in [0.15, 0.2) is 5.58 Å². The minimum atomic E-state index is -0.899. The highest BCUT2D eigenvalue weighted by molar-refractivity contribution is 5.79. The SMILES string of the molecule is Cc1cccc2nc(C(C(=O)O)C(C)C)oc12. The number of benzene rings is 1. The Morgan fingerprint density at radius 2 is 2.12 bits per heavy atom. The largest absolute Gasteiger partial charge is 0.481 e. The maximum Gasteiger partial charge on any atom is 0.316 e. The molecule has 0 aliphatic rings. The van der Waals surface area contributed by atoms with E-state index in [1.54, 1.807) is 0 Å². The molecule has 0 bridgehead atoms. The van der Waals surface area contributed by atoms with Crippen molar-refractivity contribution in [3.8, 4) is 0 Å². The van der Waals surface area contributed by atoms with Gasteiger partial charge in [-0.05, 0) is 24.5 Å². The molecule has 0 spiro atoms. The van der Waals surface area contributed by atoms with Gasteiger partial charge in [-0.2, -0.15) is 0 Å². The van der Waals surface area contributed by atoms with Crippen LogP contribution in [-0.4, -0.2) is 16.1 Å². The van der Waals surface area contributed by atoms with E-state index >= 15 is 0 Å². The lowest BCUT2D eigenvalue weighted by molar-refractivity contribution is -0.140. The molecule has 0 amide bonds. The van der Waals surface area contributed by atoms with Crippen LogP contribution < -0.4 is 0 Å². The lowest BCUT2D eigenvalue weighted by Crippen LogP contribution is -2.17. The fourth-order valence-electron chi connectivity index (χ4n) is 1.91. The van der Waals surface area contributed by atoms with Gasteiger partial charge in [0, 0.05) is 0 Å².